The molecule has 0 unspecified atom stereocenters. The zero-order chi connectivity index (χ0) is 13.9. The largest absolute Gasteiger partial charge is 0.207 e. The number of halogens is 2. The Morgan fingerprint density at radius 3 is 2.10 bits per heavy atom. The molecule has 100 valence electrons. The molecule has 7 heteroatoms. The second-order valence-corrected chi connectivity index (χ2v) is 4.90. The molecule has 0 spiro atoms. The van der Waals surface area contributed by atoms with Gasteiger partial charge in [0.1, 0.15) is 11.6 Å². The van der Waals surface area contributed by atoms with E-state index in [1.807, 2.05) is 0 Å². The van der Waals surface area contributed by atoms with Gasteiger partial charge in [0, 0.05) is 22.4 Å². The zero-order valence-electron chi connectivity index (χ0n) is 10.1. The summed E-state index contributed by atoms with van der Waals surface area (Å²) in [5.41, 5.74) is 0.678. The van der Waals surface area contributed by atoms with Gasteiger partial charge in [0.15, 0.2) is 0 Å². The zero-order valence-corrected chi connectivity index (χ0v) is 10.9. The van der Waals surface area contributed by atoms with Crippen molar-refractivity contribution in [3.05, 3.63) is 60.2 Å². The van der Waals surface area contributed by atoms with Crippen LogP contribution in [0.5, 0.6) is 0 Å². The molecule has 0 radical (unpaired) electrons. The molecule has 1 aromatic heterocycles. The topological polar surface area (TPSA) is 43.6 Å². The fraction of sp³-hybridized carbons (Fsp3) is 0. The van der Waals surface area contributed by atoms with E-state index < -0.39 is 0 Å². The van der Waals surface area contributed by atoms with E-state index in [9.17, 15) is 8.78 Å². The van der Waals surface area contributed by atoms with Gasteiger partial charge in [-0.05, 0) is 53.7 Å². The van der Waals surface area contributed by atoms with Gasteiger partial charge in [0.05, 0.1) is 0 Å². The first-order chi connectivity index (χ1) is 9.70. The van der Waals surface area contributed by atoms with Crippen molar-refractivity contribution in [1.82, 2.24) is 19.6 Å². The average molecular weight is 290 g/mol. The van der Waals surface area contributed by atoms with Gasteiger partial charge in [-0.15, -0.1) is 10.2 Å². The van der Waals surface area contributed by atoms with Gasteiger partial charge >= 0.3 is 0 Å². The molecule has 2 aromatic carbocycles. The van der Waals surface area contributed by atoms with Crippen LogP contribution in [0.25, 0.3) is 11.4 Å². The van der Waals surface area contributed by atoms with E-state index in [1.54, 1.807) is 24.3 Å². The normalized spacial score (nSPS) is 10.7. The van der Waals surface area contributed by atoms with Crippen molar-refractivity contribution in [3.63, 3.8) is 0 Å². The molecule has 0 aliphatic carbocycles. The highest BCUT2D eigenvalue weighted by Gasteiger charge is 2.07. The van der Waals surface area contributed by atoms with Gasteiger partial charge < -0.3 is 0 Å². The quantitative estimate of drug-likeness (QED) is 0.743. The molecular weight excluding hydrogens is 282 g/mol. The maximum absolute atomic E-state index is 12.8. The van der Waals surface area contributed by atoms with Crippen molar-refractivity contribution in [1.29, 1.82) is 0 Å². The highest BCUT2D eigenvalue weighted by molar-refractivity contribution is 7.97. The van der Waals surface area contributed by atoms with E-state index >= 15 is 0 Å². The highest BCUT2D eigenvalue weighted by atomic mass is 32.2. The molecule has 0 amide bonds. The summed E-state index contributed by atoms with van der Waals surface area (Å²) in [6.45, 7) is 0. The number of benzene rings is 2. The van der Waals surface area contributed by atoms with Crippen LogP contribution in [-0.2, 0) is 0 Å². The van der Waals surface area contributed by atoms with E-state index in [0.29, 0.717) is 11.4 Å². The summed E-state index contributed by atoms with van der Waals surface area (Å²) < 4.78 is 26.9. The summed E-state index contributed by atoms with van der Waals surface area (Å²) in [7, 11) is 0. The van der Waals surface area contributed by atoms with Gasteiger partial charge in [0.2, 0.25) is 5.82 Å². The van der Waals surface area contributed by atoms with Crippen molar-refractivity contribution >= 4 is 11.9 Å². The van der Waals surface area contributed by atoms with Crippen molar-refractivity contribution in [2.75, 3.05) is 0 Å². The summed E-state index contributed by atoms with van der Waals surface area (Å²) in [6, 6.07) is 11.8. The van der Waals surface area contributed by atoms with Crippen LogP contribution in [0.4, 0.5) is 8.78 Å². The number of tetrazole rings is 1. The minimum absolute atomic E-state index is 0.298. The molecule has 3 rings (SSSR count). The predicted molar refractivity (Wildman–Crippen MR) is 70.9 cm³/mol. The minimum Gasteiger partial charge on any atom is -0.207 e. The smallest absolute Gasteiger partial charge is 0.206 e. The van der Waals surface area contributed by atoms with Crippen LogP contribution < -0.4 is 0 Å². The lowest BCUT2D eigenvalue weighted by Crippen LogP contribution is -1.92. The van der Waals surface area contributed by atoms with Crippen LogP contribution in [0.2, 0.25) is 0 Å². The van der Waals surface area contributed by atoms with E-state index in [1.165, 1.54) is 40.4 Å². The second-order valence-electron chi connectivity index (χ2n) is 3.92. The molecule has 1 heterocycles. The van der Waals surface area contributed by atoms with Crippen LogP contribution in [0.1, 0.15) is 0 Å². The van der Waals surface area contributed by atoms with Crippen LogP contribution in [0, 0.1) is 11.6 Å². The average Bonchev–Trinajstić information content (AvgIpc) is 2.91. The fourth-order valence-electron chi connectivity index (χ4n) is 1.54. The predicted octanol–water partition coefficient (Wildman–Crippen LogP) is 3.17. The number of hydrogen-bond donors (Lipinski definition) is 0. The summed E-state index contributed by atoms with van der Waals surface area (Å²) >= 11 is 1.21. The Labute approximate surface area is 117 Å². The third kappa shape index (κ3) is 2.83. The van der Waals surface area contributed by atoms with Gasteiger partial charge in [-0.2, -0.15) is 0 Å². The molecule has 0 saturated heterocycles. The molecule has 3 aromatic rings. The van der Waals surface area contributed by atoms with Gasteiger partial charge in [-0.25, -0.2) is 8.78 Å². The Bertz CT molecular complexity index is 710. The molecule has 0 N–H and O–H groups in total. The molecule has 0 fully saturated rings. The highest BCUT2D eigenvalue weighted by Crippen LogP contribution is 2.20. The Hall–Kier alpha value is -2.28. The van der Waals surface area contributed by atoms with E-state index in [4.69, 9.17) is 0 Å². The van der Waals surface area contributed by atoms with Crippen LogP contribution in [-0.4, -0.2) is 19.6 Å². The Kier molecular flexibility index (Phi) is 3.42. The minimum atomic E-state index is -0.318. The monoisotopic (exact) mass is 290 g/mol. The molecule has 0 aliphatic heterocycles. The lowest BCUT2D eigenvalue weighted by molar-refractivity contribution is 0.626. The van der Waals surface area contributed by atoms with Crippen LogP contribution >= 0.6 is 11.9 Å². The van der Waals surface area contributed by atoms with Crippen LogP contribution in [0.3, 0.4) is 0 Å². The van der Waals surface area contributed by atoms with Crippen LogP contribution in [0.15, 0.2) is 53.4 Å². The number of aromatic nitrogens is 4. The summed E-state index contributed by atoms with van der Waals surface area (Å²) in [6.07, 6.45) is 0. The number of nitrogens with zero attached hydrogens (tertiary/aromatic N) is 4. The fourth-order valence-corrected chi connectivity index (χ4v) is 2.18. The van der Waals surface area contributed by atoms with Gasteiger partial charge in [-0.1, -0.05) is 4.20 Å². The molecule has 4 nitrogen and oxygen atoms in total. The first kappa shape index (κ1) is 12.7. The van der Waals surface area contributed by atoms with E-state index in [-0.39, 0.29) is 11.6 Å². The summed E-state index contributed by atoms with van der Waals surface area (Å²) in [5.74, 6) is -0.214. The molecule has 20 heavy (non-hydrogen) atoms. The molecule has 0 saturated carbocycles. The first-order valence-electron chi connectivity index (χ1n) is 5.70. The van der Waals surface area contributed by atoms with Crippen molar-refractivity contribution < 1.29 is 8.78 Å². The molecule has 0 bridgehead atoms. The van der Waals surface area contributed by atoms with E-state index in [0.717, 1.165) is 4.90 Å². The second kappa shape index (κ2) is 5.38. The number of hydrogen-bond acceptors (Lipinski definition) is 4. The van der Waals surface area contributed by atoms with Gasteiger partial charge in [0.25, 0.3) is 0 Å². The molecule has 0 aliphatic rings. The van der Waals surface area contributed by atoms with Crippen molar-refractivity contribution in [2.24, 2.45) is 0 Å². The standard InChI is InChI=1S/C13H8F2N4S/c14-10-3-1-9(2-4-10)13-16-18-19(17-13)20-12-7-5-11(15)6-8-12/h1-8H. The Balaban J connectivity index is 1.80. The lowest BCUT2D eigenvalue weighted by Gasteiger charge is -1.97. The third-order valence-corrected chi connectivity index (χ3v) is 3.30. The summed E-state index contributed by atoms with van der Waals surface area (Å²) in [5, 5.41) is 11.9. The molecule has 0 atom stereocenters. The summed E-state index contributed by atoms with van der Waals surface area (Å²) in [4.78, 5) is 0.787. The lowest BCUT2D eigenvalue weighted by atomic mass is 10.2. The number of rotatable bonds is 3. The maximum Gasteiger partial charge on any atom is 0.206 e. The molecular formula is C13H8F2N4S. The third-order valence-electron chi connectivity index (χ3n) is 2.50. The SMILES string of the molecule is Fc1ccc(Sn2nnc(-c3ccc(F)cc3)n2)cc1. The van der Waals surface area contributed by atoms with Gasteiger partial charge in [-0.3, -0.25) is 0 Å². The Morgan fingerprint density at radius 1 is 0.850 bits per heavy atom. The Morgan fingerprint density at radius 2 is 1.45 bits per heavy atom. The first-order valence-corrected chi connectivity index (χ1v) is 6.48. The van der Waals surface area contributed by atoms with E-state index in [2.05, 4.69) is 15.4 Å². The van der Waals surface area contributed by atoms with Crippen molar-refractivity contribution in [3.8, 4) is 11.4 Å². The van der Waals surface area contributed by atoms with Crippen molar-refractivity contribution in [2.45, 2.75) is 4.90 Å². The maximum atomic E-state index is 12.8.